The molecule has 1 aliphatic rings. The van der Waals surface area contributed by atoms with Gasteiger partial charge in [0.2, 0.25) is 11.0 Å². The van der Waals surface area contributed by atoms with Gasteiger partial charge in [0, 0.05) is 25.2 Å². The largest absolute Gasteiger partial charge is 0.379 e. The van der Waals surface area contributed by atoms with E-state index in [1.807, 2.05) is 30.3 Å². The minimum absolute atomic E-state index is 0.142. The second-order valence-corrected chi connectivity index (χ2v) is 8.57. The first kappa shape index (κ1) is 20.9. The molecule has 0 atom stereocenters. The number of thioether (sulfide) groups is 1. The smallest absolute Gasteiger partial charge is 0.236 e. The van der Waals surface area contributed by atoms with Crippen LogP contribution in [0.1, 0.15) is 12.7 Å². The number of nitrogens with one attached hydrogen (secondary N) is 1. The Kier molecular flexibility index (Phi) is 7.05. The Balaban J connectivity index is 1.32. The summed E-state index contributed by atoms with van der Waals surface area (Å²) in [4.78, 5) is 14.7. The normalized spacial score (nSPS) is 14.7. The van der Waals surface area contributed by atoms with E-state index in [0.717, 1.165) is 60.9 Å². The summed E-state index contributed by atoms with van der Waals surface area (Å²) in [5.41, 5.74) is 0.980. The Morgan fingerprint density at radius 2 is 1.97 bits per heavy atom. The van der Waals surface area contributed by atoms with Gasteiger partial charge in [-0.15, -0.1) is 20.4 Å². The molecule has 1 saturated heterocycles. The maximum absolute atomic E-state index is 12.4. The molecule has 3 heterocycles. The van der Waals surface area contributed by atoms with Gasteiger partial charge in [-0.2, -0.15) is 0 Å². The number of rotatable bonds is 8. The lowest BCUT2D eigenvalue weighted by Gasteiger charge is -2.26. The number of amides is 1. The van der Waals surface area contributed by atoms with Gasteiger partial charge in [0.15, 0.2) is 5.16 Å². The number of carbonyl (C=O) groups excluding carboxylic acids is 1. The quantitative estimate of drug-likeness (QED) is 0.528. The number of anilines is 1. The van der Waals surface area contributed by atoms with E-state index in [-0.39, 0.29) is 11.7 Å². The SMILES string of the molecule is CCn1c(CN2CCOCC2)nnc1SCC(=O)Nc1nnc(-c2ccccc2)s1. The summed E-state index contributed by atoms with van der Waals surface area (Å²) in [5, 5.41) is 21.7. The highest BCUT2D eigenvalue weighted by atomic mass is 32.2. The molecule has 1 N–H and O–H groups in total. The summed E-state index contributed by atoms with van der Waals surface area (Å²) < 4.78 is 7.46. The van der Waals surface area contributed by atoms with Crippen LogP contribution < -0.4 is 5.32 Å². The number of hydrogen-bond acceptors (Lipinski definition) is 9. The van der Waals surface area contributed by atoms with E-state index in [9.17, 15) is 4.79 Å². The molecule has 1 amide bonds. The Hall–Kier alpha value is -2.34. The standard InChI is InChI=1S/C19H23N7O2S2/c1-2-26-15(12-25-8-10-28-11-9-25)21-24-19(26)29-13-16(27)20-18-23-22-17(30-18)14-6-4-3-5-7-14/h3-7H,2,8-13H2,1H3,(H,20,23,27). The molecule has 3 aromatic rings. The predicted molar refractivity (Wildman–Crippen MR) is 116 cm³/mol. The maximum Gasteiger partial charge on any atom is 0.236 e. The van der Waals surface area contributed by atoms with Crippen molar-refractivity contribution in [2.75, 3.05) is 37.4 Å². The van der Waals surface area contributed by atoms with Gasteiger partial charge in [-0.1, -0.05) is 53.4 Å². The van der Waals surface area contributed by atoms with Gasteiger partial charge >= 0.3 is 0 Å². The molecule has 0 aliphatic carbocycles. The monoisotopic (exact) mass is 445 g/mol. The van der Waals surface area contributed by atoms with E-state index < -0.39 is 0 Å². The van der Waals surface area contributed by atoms with Crippen LogP contribution in [0.4, 0.5) is 5.13 Å². The van der Waals surface area contributed by atoms with Crippen LogP contribution in [0, 0.1) is 0 Å². The summed E-state index contributed by atoms with van der Waals surface area (Å²) in [6.07, 6.45) is 0. The van der Waals surface area contributed by atoms with Crippen LogP contribution in [-0.4, -0.2) is 67.8 Å². The number of hydrogen-bond donors (Lipinski definition) is 1. The van der Waals surface area contributed by atoms with Crippen LogP contribution in [0.5, 0.6) is 0 Å². The summed E-state index contributed by atoms with van der Waals surface area (Å²) in [7, 11) is 0. The zero-order valence-electron chi connectivity index (χ0n) is 16.7. The molecule has 0 spiro atoms. The van der Waals surface area contributed by atoms with Crippen molar-refractivity contribution < 1.29 is 9.53 Å². The first-order valence-corrected chi connectivity index (χ1v) is 11.6. The van der Waals surface area contributed by atoms with Crippen molar-refractivity contribution in [2.24, 2.45) is 0 Å². The molecule has 0 unspecified atom stereocenters. The summed E-state index contributed by atoms with van der Waals surface area (Å²) in [6, 6.07) is 9.78. The van der Waals surface area contributed by atoms with Crippen molar-refractivity contribution in [3.8, 4) is 10.6 Å². The van der Waals surface area contributed by atoms with Crippen molar-refractivity contribution in [1.82, 2.24) is 29.9 Å². The van der Waals surface area contributed by atoms with Crippen LogP contribution in [0.2, 0.25) is 0 Å². The third-order valence-electron chi connectivity index (χ3n) is 4.60. The molecule has 2 aromatic heterocycles. The van der Waals surface area contributed by atoms with E-state index in [1.165, 1.54) is 23.1 Å². The van der Waals surface area contributed by atoms with Gasteiger partial charge in [0.25, 0.3) is 0 Å². The lowest BCUT2D eigenvalue weighted by Crippen LogP contribution is -2.36. The van der Waals surface area contributed by atoms with E-state index >= 15 is 0 Å². The molecule has 1 aliphatic heterocycles. The minimum Gasteiger partial charge on any atom is -0.379 e. The number of carbonyl (C=O) groups is 1. The number of benzene rings is 1. The van der Waals surface area contributed by atoms with Crippen molar-refractivity contribution >= 4 is 34.1 Å². The first-order chi connectivity index (χ1) is 14.7. The number of morpholine rings is 1. The number of ether oxygens (including phenoxy) is 1. The molecular weight excluding hydrogens is 422 g/mol. The molecule has 0 saturated carbocycles. The predicted octanol–water partition coefficient (Wildman–Crippen LogP) is 2.38. The van der Waals surface area contributed by atoms with Crippen molar-refractivity contribution in [3.05, 3.63) is 36.2 Å². The zero-order valence-corrected chi connectivity index (χ0v) is 18.3. The summed E-state index contributed by atoms with van der Waals surface area (Å²) in [5.74, 6) is 1.01. The Bertz CT molecular complexity index is 970. The highest BCUT2D eigenvalue weighted by molar-refractivity contribution is 7.99. The molecule has 158 valence electrons. The Morgan fingerprint density at radius 1 is 1.17 bits per heavy atom. The van der Waals surface area contributed by atoms with Gasteiger partial charge in [0.05, 0.1) is 25.5 Å². The topological polar surface area (TPSA) is 98.1 Å². The van der Waals surface area contributed by atoms with Crippen LogP contribution in [-0.2, 0) is 22.6 Å². The van der Waals surface area contributed by atoms with E-state index in [2.05, 4.69) is 42.1 Å². The summed E-state index contributed by atoms with van der Waals surface area (Å²) in [6.45, 7) is 6.85. The average molecular weight is 446 g/mol. The Labute approximate surface area is 182 Å². The number of aromatic nitrogens is 5. The zero-order chi connectivity index (χ0) is 20.8. The highest BCUT2D eigenvalue weighted by Crippen LogP contribution is 2.26. The molecule has 30 heavy (non-hydrogen) atoms. The van der Waals surface area contributed by atoms with Gasteiger partial charge in [-0.25, -0.2) is 0 Å². The van der Waals surface area contributed by atoms with Crippen LogP contribution in [0.3, 0.4) is 0 Å². The second-order valence-electron chi connectivity index (χ2n) is 6.65. The minimum atomic E-state index is -0.142. The fraction of sp³-hybridized carbons (Fsp3) is 0.421. The van der Waals surface area contributed by atoms with Gasteiger partial charge in [-0.3, -0.25) is 15.0 Å². The maximum atomic E-state index is 12.4. The molecule has 4 rings (SSSR count). The second kappa shape index (κ2) is 10.1. The van der Waals surface area contributed by atoms with Crippen molar-refractivity contribution in [1.29, 1.82) is 0 Å². The van der Waals surface area contributed by atoms with Crippen molar-refractivity contribution in [3.63, 3.8) is 0 Å². The molecular formula is C19H23N7O2S2. The van der Waals surface area contributed by atoms with Gasteiger partial charge < -0.3 is 9.30 Å². The molecule has 11 heteroatoms. The lowest BCUT2D eigenvalue weighted by atomic mass is 10.2. The van der Waals surface area contributed by atoms with E-state index in [4.69, 9.17) is 4.74 Å². The van der Waals surface area contributed by atoms with Gasteiger partial charge in [-0.05, 0) is 6.92 Å². The van der Waals surface area contributed by atoms with Crippen LogP contribution in [0.15, 0.2) is 35.5 Å². The molecule has 1 aromatic carbocycles. The van der Waals surface area contributed by atoms with E-state index in [1.54, 1.807) is 0 Å². The highest BCUT2D eigenvalue weighted by Gasteiger charge is 2.18. The third-order valence-corrected chi connectivity index (χ3v) is 6.46. The van der Waals surface area contributed by atoms with Crippen LogP contribution in [0.25, 0.3) is 10.6 Å². The van der Waals surface area contributed by atoms with Gasteiger partial charge in [0.1, 0.15) is 10.8 Å². The molecule has 0 bridgehead atoms. The first-order valence-electron chi connectivity index (χ1n) is 9.76. The molecule has 9 nitrogen and oxygen atoms in total. The fourth-order valence-electron chi connectivity index (χ4n) is 3.08. The summed E-state index contributed by atoms with van der Waals surface area (Å²) >= 11 is 2.73. The molecule has 1 fully saturated rings. The van der Waals surface area contributed by atoms with Crippen molar-refractivity contribution in [2.45, 2.75) is 25.2 Å². The molecule has 0 radical (unpaired) electrons. The fourth-order valence-corrected chi connectivity index (χ4v) is 4.66. The number of nitrogens with zero attached hydrogens (tertiary/aromatic N) is 6. The van der Waals surface area contributed by atoms with Crippen LogP contribution >= 0.6 is 23.1 Å². The Morgan fingerprint density at radius 3 is 2.73 bits per heavy atom. The third kappa shape index (κ3) is 5.22. The van der Waals surface area contributed by atoms with E-state index in [0.29, 0.717) is 5.13 Å². The lowest BCUT2D eigenvalue weighted by molar-refractivity contribution is -0.113. The average Bonchev–Trinajstić information content (AvgIpc) is 3.40.